The molecule has 3 nitrogen and oxygen atoms in total. The third-order valence-corrected chi connectivity index (χ3v) is 3.59. The second-order valence-corrected chi connectivity index (χ2v) is 4.67. The zero-order valence-corrected chi connectivity index (χ0v) is 10.5. The molecule has 1 aromatic rings. The molecular weight excluding hydrogens is 217 g/mol. The molecule has 2 heterocycles. The minimum absolute atomic E-state index is 0.274. The van der Waals surface area contributed by atoms with Crippen molar-refractivity contribution < 1.29 is 4.39 Å². The molecule has 0 spiro atoms. The Balaban J connectivity index is 2.18. The molecule has 0 aliphatic carbocycles. The first-order chi connectivity index (χ1) is 8.22. The summed E-state index contributed by atoms with van der Waals surface area (Å²) in [6.45, 7) is 3.20. The fourth-order valence-electron chi connectivity index (χ4n) is 2.49. The first-order valence-corrected chi connectivity index (χ1v) is 6.28. The Morgan fingerprint density at radius 2 is 2.29 bits per heavy atom. The average Bonchev–Trinajstić information content (AvgIpc) is 2.39. The van der Waals surface area contributed by atoms with Crippen LogP contribution in [-0.4, -0.2) is 30.7 Å². The highest BCUT2D eigenvalue weighted by atomic mass is 19.1. The maximum absolute atomic E-state index is 12.9. The molecule has 1 fully saturated rings. The van der Waals surface area contributed by atoms with Crippen molar-refractivity contribution in [3.05, 3.63) is 24.1 Å². The van der Waals surface area contributed by atoms with E-state index in [1.807, 2.05) is 7.05 Å². The predicted molar refractivity (Wildman–Crippen MR) is 67.7 cm³/mol. The number of anilines is 1. The van der Waals surface area contributed by atoms with Crippen LogP contribution in [0.2, 0.25) is 0 Å². The summed E-state index contributed by atoms with van der Waals surface area (Å²) in [5.41, 5.74) is 0. The van der Waals surface area contributed by atoms with Gasteiger partial charge < -0.3 is 10.2 Å². The molecule has 4 heteroatoms. The topological polar surface area (TPSA) is 28.2 Å². The number of rotatable bonds is 3. The Morgan fingerprint density at radius 3 is 2.94 bits per heavy atom. The zero-order valence-electron chi connectivity index (χ0n) is 10.5. The van der Waals surface area contributed by atoms with Crippen LogP contribution in [0, 0.1) is 5.82 Å². The zero-order chi connectivity index (χ0) is 12.3. The Kier molecular flexibility index (Phi) is 3.94. The van der Waals surface area contributed by atoms with Crippen molar-refractivity contribution in [3.8, 4) is 0 Å². The standard InChI is InChI=1S/C13H20FN3/c1-10(15-2)12-5-3-4-8-17(12)13-7-6-11(14)9-16-13/h6-7,9-10,12,15H,3-5,8H2,1-2H3. The lowest BCUT2D eigenvalue weighted by Gasteiger charge is -2.40. The molecule has 1 N–H and O–H groups in total. The van der Waals surface area contributed by atoms with Gasteiger partial charge in [-0.15, -0.1) is 0 Å². The van der Waals surface area contributed by atoms with Crippen LogP contribution in [-0.2, 0) is 0 Å². The summed E-state index contributed by atoms with van der Waals surface area (Å²) in [5.74, 6) is 0.613. The summed E-state index contributed by atoms with van der Waals surface area (Å²) in [4.78, 5) is 6.49. The number of piperidine rings is 1. The van der Waals surface area contributed by atoms with E-state index in [0.29, 0.717) is 12.1 Å². The molecule has 0 amide bonds. The van der Waals surface area contributed by atoms with E-state index in [-0.39, 0.29) is 5.82 Å². The summed E-state index contributed by atoms with van der Waals surface area (Å²) in [5, 5.41) is 3.30. The highest BCUT2D eigenvalue weighted by Gasteiger charge is 2.27. The van der Waals surface area contributed by atoms with Crippen molar-refractivity contribution in [1.29, 1.82) is 0 Å². The van der Waals surface area contributed by atoms with Crippen molar-refractivity contribution >= 4 is 5.82 Å². The number of hydrogen-bond donors (Lipinski definition) is 1. The monoisotopic (exact) mass is 237 g/mol. The van der Waals surface area contributed by atoms with E-state index in [0.717, 1.165) is 12.4 Å². The first-order valence-electron chi connectivity index (χ1n) is 6.28. The number of nitrogens with zero attached hydrogens (tertiary/aromatic N) is 2. The van der Waals surface area contributed by atoms with Crippen LogP contribution in [0.15, 0.2) is 18.3 Å². The van der Waals surface area contributed by atoms with E-state index in [1.165, 1.54) is 31.5 Å². The molecule has 0 bridgehead atoms. The van der Waals surface area contributed by atoms with Gasteiger partial charge in [0, 0.05) is 18.6 Å². The number of pyridine rings is 1. The van der Waals surface area contributed by atoms with E-state index in [9.17, 15) is 4.39 Å². The molecule has 2 unspecified atom stereocenters. The minimum atomic E-state index is -0.274. The third kappa shape index (κ3) is 2.75. The number of nitrogens with one attached hydrogen (secondary N) is 1. The molecule has 2 atom stereocenters. The maximum atomic E-state index is 12.9. The van der Waals surface area contributed by atoms with Gasteiger partial charge in [-0.05, 0) is 45.4 Å². The average molecular weight is 237 g/mol. The van der Waals surface area contributed by atoms with Gasteiger partial charge in [0.2, 0.25) is 0 Å². The third-order valence-electron chi connectivity index (χ3n) is 3.59. The van der Waals surface area contributed by atoms with Gasteiger partial charge in [-0.2, -0.15) is 0 Å². The van der Waals surface area contributed by atoms with Crippen LogP contribution in [0.3, 0.4) is 0 Å². The molecule has 0 radical (unpaired) electrons. The van der Waals surface area contributed by atoms with E-state index in [2.05, 4.69) is 22.1 Å². The summed E-state index contributed by atoms with van der Waals surface area (Å²) >= 11 is 0. The summed E-state index contributed by atoms with van der Waals surface area (Å²) in [6.07, 6.45) is 4.91. The predicted octanol–water partition coefficient (Wildman–Crippen LogP) is 2.19. The van der Waals surface area contributed by atoms with Crippen molar-refractivity contribution in [3.63, 3.8) is 0 Å². The molecule has 0 saturated carbocycles. The molecule has 2 rings (SSSR count). The summed E-state index contributed by atoms with van der Waals surface area (Å²) < 4.78 is 12.9. The molecule has 17 heavy (non-hydrogen) atoms. The van der Waals surface area contributed by atoms with Crippen molar-refractivity contribution in [1.82, 2.24) is 10.3 Å². The van der Waals surface area contributed by atoms with Crippen LogP contribution >= 0.6 is 0 Å². The SMILES string of the molecule is CNC(C)C1CCCCN1c1ccc(F)cn1. The van der Waals surface area contributed by atoms with Crippen LogP contribution in [0.5, 0.6) is 0 Å². The number of aromatic nitrogens is 1. The molecule has 0 aromatic carbocycles. The van der Waals surface area contributed by atoms with Crippen molar-refractivity contribution in [2.75, 3.05) is 18.5 Å². The normalized spacial score (nSPS) is 22.5. The first kappa shape index (κ1) is 12.3. The van der Waals surface area contributed by atoms with E-state index in [4.69, 9.17) is 0 Å². The molecule has 1 aromatic heterocycles. The van der Waals surface area contributed by atoms with Crippen LogP contribution in [0.25, 0.3) is 0 Å². The molecule has 1 aliphatic rings. The Labute approximate surface area is 102 Å². The minimum Gasteiger partial charge on any atom is -0.352 e. The van der Waals surface area contributed by atoms with E-state index < -0.39 is 0 Å². The van der Waals surface area contributed by atoms with Gasteiger partial charge in [0.25, 0.3) is 0 Å². The highest BCUT2D eigenvalue weighted by molar-refractivity contribution is 5.40. The van der Waals surface area contributed by atoms with Crippen molar-refractivity contribution in [2.24, 2.45) is 0 Å². The lowest BCUT2D eigenvalue weighted by molar-refractivity contribution is 0.380. The second-order valence-electron chi connectivity index (χ2n) is 4.67. The number of likely N-dealkylation sites (N-methyl/N-ethyl adjacent to an activating group) is 1. The maximum Gasteiger partial charge on any atom is 0.141 e. The molecule has 94 valence electrons. The fraction of sp³-hybridized carbons (Fsp3) is 0.615. The van der Waals surface area contributed by atoms with Crippen LogP contribution < -0.4 is 10.2 Å². The van der Waals surface area contributed by atoms with Crippen LogP contribution in [0.4, 0.5) is 10.2 Å². The summed E-state index contributed by atoms with van der Waals surface area (Å²) in [6, 6.07) is 4.13. The summed E-state index contributed by atoms with van der Waals surface area (Å²) in [7, 11) is 1.98. The van der Waals surface area contributed by atoms with E-state index in [1.54, 1.807) is 6.07 Å². The van der Waals surface area contributed by atoms with Crippen molar-refractivity contribution in [2.45, 2.75) is 38.3 Å². The van der Waals surface area contributed by atoms with Gasteiger partial charge in [-0.25, -0.2) is 9.37 Å². The molecule has 1 aliphatic heterocycles. The number of hydrogen-bond acceptors (Lipinski definition) is 3. The quantitative estimate of drug-likeness (QED) is 0.873. The lowest BCUT2D eigenvalue weighted by Crippen LogP contribution is -2.50. The smallest absolute Gasteiger partial charge is 0.141 e. The Bertz CT molecular complexity index is 352. The Morgan fingerprint density at radius 1 is 1.47 bits per heavy atom. The lowest BCUT2D eigenvalue weighted by atomic mass is 9.96. The fourth-order valence-corrected chi connectivity index (χ4v) is 2.49. The van der Waals surface area contributed by atoms with Crippen LogP contribution in [0.1, 0.15) is 26.2 Å². The van der Waals surface area contributed by atoms with Gasteiger partial charge in [-0.1, -0.05) is 0 Å². The van der Waals surface area contributed by atoms with Gasteiger partial charge in [0.15, 0.2) is 0 Å². The molecule has 1 saturated heterocycles. The van der Waals surface area contributed by atoms with Gasteiger partial charge in [0.05, 0.1) is 6.20 Å². The molecular formula is C13H20FN3. The second kappa shape index (κ2) is 5.45. The van der Waals surface area contributed by atoms with Gasteiger partial charge in [0.1, 0.15) is 11.6 Å². The van der Waals surface area contributed by atoms with Gasteiger partial charge in [-0.3, -0.25) is 0 Å². The largest absolute Gasteiger partial charge is 0.352 e. The van der Waals surface area contributed by atoms with E-state index >= 15 is 0 Å². The van der Waals surface area contributed by atoms with Gasteiger partial charge >= 0.3 is 0 Å². The number of halogens is 1. The Hall–Kier alpha value is -1.16. The highest BCUT2D eigenvalue weighted by Crippen LogP contribution is 2.24.